The quantitative estimate of drug-likeness (QED) is 0.691. The summed E-state index contributed by atoms with van der Waals surface area (Å²) in [4.78, 5) is 24.8. The molecule has 0 fully saturated rings. The van der Waals surface area contributed by atoms with Gasteiger partial charge in [-0.25, -0.2) is 4.79 Å². The van der Waals surface area contributed by atoms with Crippen LogP contribution in [0.5, 0.6) is 0 Å². The lowest BCUT2D eigenvalue weighted by Gasteiger charge is -2.07. The molecule has 0 amide bonds. The third kappa shape index (κ3) is 1.92. The van der Waals surface area contributed by atoms with Gasteiger partial charge in [0.2, 0.25) is 5.56 Å². The molecule has 0 radical (unpaired) electrons. The number of ether oxygens (including phenoxy) is 1. The minimum atomic E-state index is -1.06. The van der Waals surface area contributed by atoms with Gasteiger partial charge in [0.25, 0.3) is 0 Å². The minimum absolute atomic E-state index is 0.0965. The second-order valence-corrected chi connectivity index (χ2v) is 3.42. The Morgan fingerprint density at radius 3 is 2.87 bits per heavy atom. The first-order chi connectivity index (χ1) is 7.18. The van der Waals surface area contributed by atoms with Crippen molar-refractivity contribution in [2.45, 2.75) is 12.8 Å². The van der Waals surface area contributed by atoms with Crippen molar-refractivity contribution in [3.8, 4) is 0 Å². The molecule has 1 aliphatic rings. The van der Waals surface area contributed by atoms with E-state index in [1.165, 1.54) is 0 Å². The predicted molar refractivity (Wildman–Crippen MR) is 52.2 cm³/mol. The van der Waals surface area contributed by atoms with Gasteiger partial charge in [0, 0.05) is 18.2 Å². The first kappa shape index (κ1) is 9.92. The molecule has 5 heteroatoms. The van der Waals surface area contributed by atoms with Gasteiger partial charge in [-0.3, -0.25) is 4.79 Å². The highest BCUT2D eigenvalue weighted by molar-refractivity contribution is 5.89. The molecule has 0 aliphatic carbocycles. The van der Waals surface area contributed by atoms with Gasteiger partial charge in [0.1, 0.15) is 0 Å². The van der Waals surface area contributed by atoms with E-state index >= 15 is 0 Å². The Hall–Kier alpha value is -1.62. The molecule has 2 rings (SSSR count). The number of carbonyl (C=O) groups is 1. The Kier molecular flexibility index (Phi) is 2.55. The number of aromatic nitrogens is 1. The highest BCUT2D eigenvalue weighted by Gasteiger charge is 2.17. The Morgan fingerprint density at radius 1 is 1.40 bits per heavy atom. The van der Waals surface area contributed by atoms with Crippen LogP contribution in [0.25, 0.3) is 0 Å². The number of H-pyrrole nitrogens is 1. The van der Waals surface area contributed by atoms with E-state index in [1.54, 1.807) is 0 Å². The van der Waals surface area contributed by atoms with E-state index in [-0.39, 0.29) is 11.1 Å². The number of hydrogen-bond acceptors (Lipinski definition) is 3. The maximum absolute atomic E-state index is 11.2. The van der Waals surface area contributed by atoms with Crippen LogP contribution in [0, 0.1) is 0 Å². The minimum Gasteiger partial charge on any atom is -0.478 e. The van der Waals surface area contributed by atoms with Crippen LogP contribution >= 0.6 is 0 Å². The van der Waals surface area contributed by atoms with Crippen LogP contribution in [0.2, 0.25) is 0 Å². The van der Waals surface area contributed by atoms with Crippen LogP contribution in [-0.4, -0.2) is 29.3 Å². The van der Waals surface area contributed by atoms with Crippen molar-refractivity contribution in [1.82, 2.24) is 4.98 Å². The summed E-state index contributed by atoms with van der Waals surface area (Å²) in [6.07, 6.45) is 1.10. The number of nitrogens with one attached hydrogen (secondary N) is 1. The number of aromatic amines is 1. The fraction of sp³-hybridized carbons (Fsp3) is 0.400. The summed E-state index contributed by atoms with van der Waals surface area (Å²) >= 11 is 0. The Bertz CT molecular complexity index is 449. The lowest BCUT2D eigenvalue weighted by molar-refractivity contribution is 0.0695. The van der Waals surface area contributed by atoms with E-state index in [2.05, 4.69) is 4.98 Å². The van der Waals surface area contributed by atoms with E-state index in [0.717, 1.165) is 6.07 Å². The van der Waals surface area contributed by atoms with Crippen molar-refractivity contribution < 1.29 is 14.6 Å². The van der Waals surface area contributed by atoms with Crippen molar-refractivity contribution in [3.63, 3.8) is 0 Å². The lowest BCUT2D eigenvalue weighted by atomic mass is 10.0. The van der Waals surface area contributed by atoms with E-state index in [4.69, 9.17) is 9.84 Å². The van der Waals surface area contributed by atoms with Crippen LogP contribution in [0.15, 0.2) is 10.9 Å². The molecule has 1 aromatic rings. The summed E-state index contributed by atoms with van der Waals surface area (Å²) in [5.41, 5.74) is 1.12. The molecule has 0 atom stereocenters. The molecule has 0 saturated heterocycles. The summed E-state index contributed by atoms with van der Waals surface area (Å²) in [5, 5.41) is 8.96. The zero-order chi connectivity index (χ0) is 10.8. The van der Waals surface area contributed by atoms with Gasteiger partial charge in [-0.05, 0) is 12.0 Å². The van der Waals surface area contributed by atoms with Crippen LogP contribution in [0.1, 0.15) is 21.6 Å². The van der Waals surface area contributed by atoms with Crippen molar-refractivity contribution in [2.75, 3.05) is 13.2 Å². The Balaban J connectivity index is 2.59. The number of carboxylic acid groups (broad SMARTS) is 1. The maximum Gasteiger partial charge on any atom is 0.336 e. The smallest absolute Gasteiger partial charge is 0.336 e. The molecule has 5 nitrogen and oxygen atoms in total. The van der Waals surface area contributed by atoms with Crippen molar-refractivity contribution in [2.24, 2.45) is 0 Å². The molecular formula is C10H11NO4. The normalized spacial score (nSPS) is 15.5. The predicted octanol–water partition coefficient (Wildman–Crippen LogP) is 0.188. The van der Waals surface area contributed by atoms with Crippen LogP contribution in [0.3, 0.4) is 0 Å². The zero-order valence-corrected chi connectivity index (χ0v) is 8.08. The maximum atomic E-state index is 11.2. The standard InChI is InChI=1S/C10H11NO4/c12-9-5-7(10(13)14)6-1-3-15-4-2-8(6)11-9/h5H,1-4H2,(H,11,12)(H,13,14). The number of rotatable bonds is 1. The number of hydrogen-bond donors (Lipinski definition) is 2. The monoisotopic (exact) mass is 209 g/mol. The van der Waals surface area contributed by atoms with Crippen molar-refractivity contribution in [3.05, 3.63) is 33.2 Å². The second-order valence-electron chi connectivity index (χ2n) is 3.42. The number of fused-ring (bicyclic) bond motifs is 1. The second kappa shape index (κ2) is 3.86. The first-order valence-corrected chi connectivity index (χ1v) is 4.74. The van der Waals surface area contributed by atoms with Crippen LogP contribution in [-0.2, 0) is 17.6 Å². The molecule has 2 heterocycles. The fourth-order valence-electron chi connectivity index (χ4n) is 1.78. The molecule has 1 aromatic heterocycles. The molecule has 80 valence electrons. The fourth-order valence-corrected chi connectivity index (χ4v) is 1.78. The summed E-state index contributed by atoms with van der Waals surface area (Å²) < 4.78 is 5.24. The average Bonchev–Trinajstić information content (AvgIpc) is 2.41. The largest absolute Gasteiger partial charge is 0.478 e. The SMILES string of the molecule is O=C(O)c1cc(=O)[nH]c2c1CCOCC2. The Morgan fingerprint density at radius 2 is 2.13 bits per heavy atom. The third-order valence-electron chi connectivity index (χ3n) is 2.46. The highest BCUT2D eigenvalue weighted by Crippen LogP contribution is 2.15. The van der Waals surface area contributed by atoms with E-state index in [9.17, 15) is 9.59 Å². The highest BCUT2D eigenvalue weighted by atomic mass is 16.5. The molecule has 0 aromatic carbocycles. The molecule has 2 N–H and O–H groups in total. The number of aromatic carboxylic acids is 1. The summed E-state index contributed by atoms with van der Waals surface area (Å²) in [5.74, 6) is -1.06. The van der Waals surface area contributed by atoms with Gasteiger partial charge < -0.3 is 14.8 Å². The van der Waals surface area contributed by atoms with Crippen molar-refractivity contribution >= 4 is 5.97 Å². The van der Waals surface area contributed by atoms with Gasteiger partial charge in [0.15, 0.2) is 0 Å². The van der Waals surface area contributed by atoms with Crippen LogP contribution < -0.4 is 5.56 Å². The van der Waals surface area contributed by atoms with Gasteiger partial charge in [0.05, 0.1) is 18.8 Å². The van der Waals surface area contributed by atoms with Gasteiger partial charge in [-0.15, -0.1) is 0 Å². The molecule has 15 heavy (non-hydrogen) atoms. The Labute approximate surface area is 85.7 Å². The zero-order valence-electron chi connectivity index (χ0n) is 8.08. The molecule has 0 saturated carbocycles. The van der Waals surface area contributed by atoms with Gasteiger partial charge in [-0.1, -0.05) is 0 Å². The molecule has 1 aliphatic heterocycles. The van der Waals surface area contributed by atoms with E-state index in [0.29, 0.717) is 37.3 Å². The lowest BCUT2D eigenvalue weighted by Crippen LogP contribution is -2.17. The third-order valence-corrected chi connectivity index (χ3v) is 2.46. The topological polar surface area (TPSA) is 79.4 Å². The summed E-state index contributed by atoms with van der Waals surface area (Å²) in [6.45, 7) is 1.02. The summed E-state index contributed by atoms with van der Waals surface area (Å²) in [7, 11) is 0. The van der Waals surface area contributed by atoms with Crippen LogP contribution in [0.4, 0.5) is 0 Å². The van der Waals surface area contributed by atoms with E-state index < -0.39 is 5.97 Å². The van der Waals surface area contributed by atoms with Gasteiger partial charge >= 0.3 is 5.97 Å². The molecular weight excluding hydrogens is 198 g/mol. The molecule has 0 unspecified atom stereocenters. The number of carboxylic acids is 1. The summed E-state index contributed by atoms with van der Waals surface area (Å²) in [6, 6.07) is 1.13. The number of pyridine rings is 1. The van der Waals surface area contributed by atoms with Crippen molar-refractivity contribution in [1.29, 1.82) is 0 Å². The average molecular weight is 209 g/mol. The first-order valence-electron chi connectivity index (χ1n) is 4.74. The molecule has 0 bridgehead atoms. The van der Waals surface area contributed by atoms with E-state index in [1.807, 2.05) is 0 Å². The van der Waals surface area contributed by atoms with Gasteiger partial charge in [-0.2, -0.15) is 0 Å². The molecule has 0 spiro atoms.